The van der Waals surface area contributed by atoms with Crippen molar-refractivity contribution in [2.75, 3.05) is 19.7 Å². The molecule has 15 heavy (non-hydrogen) atoms. The van der Waals surface area contributed by atoms with Gasteiger partial charge in [-0.15, -0.1) is 0 Å². The number of nitrogens with zero attached hydrogens (tertiary/aromatic N) is 2. The van der Waals surface area contributed by atoms with Crippen molar-refractivity contribution in [1.82, 2.24) is 4.90 Å². The molecule has 2 atom stereocenters. The van der Waals surface area contributed by atoms with Crippen LogP contribution in [0, 0.1) is 11.3 Å². The molecule has 0 aromatic heterocycles. The number of carbonyl (C=O) groups excluding carboxylic acids is 1. The lowest BCUT2D eigenvalue weighted by Crippen LogP contribution is -2.51. The third-order valence-corrected chi connectivity index (χ3v) is 2.44. The molecule has 1 amide bonds. The van der Waals surface area contributed by atoms with Crippen LogP contribution < -0.4 is 5.73 Å². The zero-order valence-electron chi connectivity index (χ0n) is 8.98. The van der Waals surface area contributed by atoms with Crippen molar-refractivity contribution < 1.29 is 9.53 Å². The molecule has 0 aromatic rings. The second-order valence-corrected chi connectivity index (χ2v) is 3.67. The molecule has 1 saturated heterocycles. The van der Waals surface area contributed by atoms with Gasteiger partial charge in [-0.25, -0.2) is 0 Å². The van der Waals surface area contributed by atoms with Gasteiger partial charge in [-0.3, -0.25) is 4.79 Å². The summed E-state index contributed by atoms with van der Waals surface area (Å²) in [6.45, 7) is 3.29. The molecule has 0 spiro atoms. The van der Waals surface area contributed by atoms with E-state index >= 15 is 0 Å². The Kier molecular flexibility index (Phi) is 4.53. The molecule has 0 aromatic carbocycles. The molecule has 1 unspecified atom stereocenters. The lowest BCUT2D eigenvalue weighted by Gasteiger charge is -2.31. The van der Waals surface area contributed by atoms with Gasteiger partial charge in [0.2, 0.25) is 5.91 Å². The number of carbonyl (C=O) groups is 1. The van der Waals surface area contributed by atoms with E-state index in [0.717, 1.165) is 6.42 Å². The van der Waals surface area contributed by atoms with Gasteiger partial charge in [0.1, 0.15) is 0 Å². The van der Waals surface area contributed by atoms with Crippen molar-refractivity contribution in [3.8, 4) is 6.07 Å². The average molecular weight is 211 g/mol. The van der Waals surface area contributed by atoms with Gasteiger partial charge in [-0.2, -0.15) is 5.26 Å². The fourth-order valence-corrected chi connectivity index (χ4v) is 1.60. The number of nitriles is 1. The second-order valence-electron chi connectivity index (χ2n) is 3.67. The van der Waals surface area contributed by atoms with E-state index < -0.39 is 12.1 Å². The first kappa shape index (κ1) is 12.0. The smallest absolute Gasteiger partial charge is 0.239 e. The molecule has 0 radical (unpaired) electrons. The van der Waals surface area contributed by atoms with Crippen LogP contribution in [0.5, 0.6) is 0 Å². The minimum Gasteiger partial charge on any atom is -0.360 e. The number of hydrogen-bond donors (Lipinski definition) is 1. The highest BCUT2D eigenvalue weighted by Gasteiger charge is 2.26. The number of ether oxygens (including phenoxy) is 1. The Morgan fingerprint density at radius 3 is 3.13 bits per heavy atom. The van der Waals surface area contributed by atoms with Crippen LogP contribution in [0.1, 0.15) is 19.8 Å². The number of rotatable bonds is 3. The first-order valence-electron chi connectivity index (χ1n) is 5.24. The molecular formula is C10H17N3O2. The maximum atomic E-state index is 11.8. The first-order chi connectivity index (χ1) is 7.19. The van der Waals surface area contributed by atoms with Crippen LogP contribution >= 0.6 is 0 Å². The highest BCUT2D eigenvalue weighted by Crippen LogP contribution is 2.07. The summed E-state index contributed by atoms with van der Waals surface area (Å²) in [6, 6.07) is 1.57. The van der Waals surface area contributed by atoms with Crippen LogP contribution in [-0.2, 0) is 9.53 Å². The van der Waals surface area contributed by atoms with Crippen LogP contribution in [0.2, 0.25) is 0 Å². The first-order valence-corrected chi connectivity index (χ1v) is 5.24. The minimum atomic E-state index is -0.503. The van der Waals surface area contributed by atoms with Crippen molar-refractivity contribution in [2.45, 2.75) is 31.9 Å². The van der Waals surface area contributed by atoms with E-state index in [1.807, 2.05) is 13.0 Å². The summed E-state index contributed by atoms with van der Waals surface area (Å²) in [4.78, 5) is 13.4. The third-order valence-electron chi connectivity index (χ3n) is 2.44. The van der Waals surface area contributed by atoms with E-state index in [-0.39, 0.29) is 5.91 Å². The van der Waals surface area contributed by atoms with Crippen molar-refractivity contribution in [1.29, 1.82) is 5.26 Å². The number of morpholine rings is 1. The lowest BCUT2D eigenvalue weighted by atomic mass is 10.1. The molecule has 1 heterocycles. The zero-order valence-corrected chi connectivity index (χ0v) is 8.98. The quantitative estimate of drug-likeness (QED) is 0.705. The molecule has 1 aliphatic heterocycles. The summed E-state index contributed by atoms with van der Waals surface area (Å²) in [6.07, 6.45) is 1.07. The van der Waals surface area contributed by atoms with Crippen molar-refractivity contribution >= 4 is 5.91 Å². The number of nitrogens with two attached hydrogens (primary N) is 1. The van der Waals surface area contributed by atoms with Crippen LogP contribution in [0.25, 0.3) is 0 Å². The van der Waals surface area contributed by atoms with E-state index in [9.17, 15) is 4.79 Å². The van der Waals surface area contributed by atoms with Crippen LogP contribution in [0.3, 0.4) is 0 Å². The van der Waals surface area contributed by atoms with Crippen molar-refractivity contribution in [2.24, 2.45) is 5.73 Å². The normalized spacial score (nSPS) is 23.3. The summed E-state index contributed by atoms with van der Waals surface area (Å²) < 4.78 is 5.15. The van der Waals surface area contributed by atoms with Gasteiger partial charge in [0.15, 0.2) is 6.10 Å². The molecular weight excluding hydrogens is 194 g/mol. The van der Waals surface area contributed by atoms with E-state index in [4.69, 9.17) is 15.7 Å². The van der Waals surface area contributed by atoms with Gasteiger partial charge in [-0.05, 0) is 6.42 Å². The fourth-order valence-electron chi connectivity index (χ4n) is 1.60. The van der Waals surface area contributed by atoms with E-state index in [1.165, 1.54) is 0 Å². The number of amides is 1. The van der Waals surface area contributed by atoms with E-state index in [2.05, 4.69) is 0 Å². The summed E-state index contributed by atoms with van der Waals surface area (Å²) in [5, 5.41) is 8.69. The molecule has 0 bridgehead atoms. The molecule has 5 nitrogen and oxygen atoms in total. The molecule has 2 N–H and O–H groups in total. The summed E-state index contributed by atoms with van der Waals surface area (Å²) in [5.41, 5.74) is 5.73. The van der Waals surface area contributed by atoms with Crippen LogP contribution in [0.15, 0.2) is 0 Å². The predicted molar refractivity (Wildman–Crippen MR) is 54.8 cm³/mol. The average Bonchev–Trinajstić information content (AvgIpc) is 2.28. The van der Waals surface area contributed by atoms with E-state index in [0.29, 0.717) is 26.1 Å². The van der Waals surface area contributed by atoms with Gasteiger partial charge < -0.3 is 15.4 Å². The molecule has 84 valence electrons. The second kappa shape index (κ2) is 5.69. The van der Waals surface area contributed by atoms with Gasteiger partial charge in [0, 0.05) is 6.54 Å². The summed E-state index contributed by atoms with van der Waals surface area (Å²) >= 11 is 0. The molecule has 1 rings (SSSR count). The molecule has 0 saturated carbocycles. The van der Waals surface area contributed by atoms with Crippen molar-refractivity contribution in [3.05, 3.63) is 0 Å². The Morgan fingerprint density at radius 1 is 1.80 bits per heavy atom. The Hall–Kier alpha value is -1.12. The monoisotopic (exact) mass is 211 g/mol. The minimum absolute atomic E-state index is 0.0691. The third kappa shape index (κ3) is 3.18. The zero-order chi connectivity index (χ0) is 11.3. The summed E-state index contributed by atoms with van der Waals surface area (Å²) in [5.74, 6) is -0.0691. The predicted octanol–water partition coefficient (Wildman–Crippen LogP) is -0.135. The van der Waals surface area contributed by atoms with Gasteiger partial charge in [-0.1, -0.05) is 13.3 Å². The van der Waals surface area contributed by atoms with Crippen LogP contribution in [0.4, 0.5) is 0 Å². The summed E-state index contributed by atoms with van der Waals surface area (Å²) in [7, 11) is 0. The van der Waals surface area contributed by atoms with Gasteiger partial charge >= 0.3 is 0 Å². The topological polar surface area (TPSA) is 79.3 Å². The Morgan fingerprint density at radius 2 is 2.53 bits per heavy atom. The standard InChI is InChI=1S/C10H17N3O2/c1-2-3-9(12)10(14)13-4-5-15-8(6-11)7-13/h8-9H,2-5,7,12H2,1H3/t8?,9-/m0/s1. The van der Waals surface area contributed by atoms with Crippen molar-refractivity contribution in [3.63, 3.8) is 0 Å². The van der Waals surface area contributed by atoms with Crippen LogP contribution in [-0.4, -0.2) is 42.6 Å². The molecule has 1 fully saturated rings. The maximum absolute atomic E-state index is 11.8. The molecule has 5 heteroatoms. The Bertz CT molecular complexity index is 262. The molecule has 0 aliphatic carbocycles. The largest absolute Gasteiger partial charge is 0.360 e. The highest BCUT2D eigenvalue weighted by atomic mass is 16.5. The lowest BCUT2D eigenvalue weighted by molar-refractivity contribution is -0.138. The Balaban J connectivity index is 2.49. The molecule has 1 aliphatic rings. The SMILES string of the molecule is CCC[C@H](N)C(=O)N1CCOC(C#N)C1. The number of hydrogen-bond acceptors (Lipinski definition) is 4. The highest BCUT2D eigenvalue weighted by molar-refractivity contribution is 5.81. The van der Waals surface area contributed by atoms with Gasteiger partial charge in [0.25, 0.3) is 0 Å². The van der Waals surface area contributed by atoms with Gasteiger partial charge in [0.05, 0.1) is 25.3 Å². The Labute approximate surface area is 89.8 Å². The fraction of sp³-hybridized carbons (Fsp3) is 0.800. The van der Waals surface area contributed by atoms with E-state index in [1.54, 1.807) is 4.90 Å². The maximum Gasteiger partial charge on any atom is 0.239 e.